The van der Waals surface area contributed by atoms with Gasteiger partial charge in [-0.15, -0.1) is 11.3 Å². The molecule has 0 spiro atoms. The molecule has 9 heteroatoms. The second-order valence-corrected chi connectivity index (χ2v) is 9.99. The van der Waals surface area contributed by atoms with Crippen LogP contribution in [-0.2, 0) is 16.4 Å². The van der Waals surface area contributed by atoms with Gasteiger partial charge >= 0.3 is 0 Å². The van der Waals surface area contributed by atoms with Gasteiger partial charge in [-0.2, -0.15) is 0 Å². The molecule has 1 N–H and O–H groups in total. The molecule has 0 radical (unpaired) electrons. The highest BCUT2D eigenvalue weighted by atomic mass is 32.2. The van der Waals surface area contributed by atoms with Crippen molar-refractivity contribution in [1.29, 1.82) is 0 Å². The molecule has 0 aliphatic carbocycles. The van der Waals surface area contributed by atoms with Crippen LogP contribution in [0, 0.1) is 0 Å². The second-order valence-electron chi connectivity index (χ2n) is 6.95. The van der Waals surface area contributed by atoms with Gasteiger partial charge in [0.25, 0.3) is 15.9 Å². The molecule has 7 nitrogen and oxygen atoms in total. The Hall–Kier alpha value is -3.04. The van der Waals surface area contributed by atoms with Crippen LogP contribution in [0.25, 0.3) is 0 Å². The van der Waals surface area contributed by atoms with E-state index >= 15 is 0 Å². The summed E-state index contributed by atoms with van der Waals surface area (Å²) in [4.78, 5) is 12.9. The highest BCUT2D eigenvalue weighted by molar-refractivity contribution is 7.94. The van der Waals surface area contributed by atoms with Crippen LogP contribution in [0.15, 0.2) is 58.1 Å². The molecule has 2 heterocycles. The van der Waals surface area contributed by atoms with Crippen molar-refractivity contribution in [3.63, 3.8) is 0 Å². The molecule has 0 unspecified atom stereocenters. The Bertz CT molecular complexity index is 1210. The average Bonchev–Trinajstić information content (AvgIpc) is 3.34. The van der Waals surface area contributed by atoms with Crippen LogP contribution >= 0.6 is 11.3 Å². The number of thiophene rings is 1. The summed E-state index contributed by atoms with van der Waals surface area (Å²) in [7, 11) is -0.668. The van der Waals surface area contributed by atoms with Crippen LogP contribution in [0.2, 0.25) is 0 Å². The largest absolute Gasteiger partial charge is 0.493 e. The van der Waals surface area contributed by atoms with E-state index in [1.165, 1.54) is 29.9 Å². The van der Waals surface area contributed by atoms with Crippen molar-refractivity contribution in [3.8, 4) is 11.5 Å². The van der Waals surface area contributed by atoms with E-state index in [0.29, 0.717) is 39.2 Å². The van der Waals surface area contributed by atoms with Crippen LogP contribution in [0.1, 0.15) is 22.3 Å². The minimum atomic E-state index is -3.65. The lowest BCUT2D eigenvalue weighted by Crippen LogP contribution is -2.35. The fraction of sp³-hybridized carbons (Fsp3) is 0.227. The molecule has 0 saturated carbocycles. The summed E-state index contributed by atoms with van der Waals surface area (Å²) < 4.78 is 38.6. The molecule has 0 fully saturated rings. The maximum atomic E-state index is 13.1. The summed E-state index contributed by atoms with van der Waals surface area (Å²) in [5.41, 5.74) is 2.35. The first-order valence-electron chi connectivity index (χ1n) is 9.67. The van der Waals surface area contributed by atoms with E-state index < -0.39 is 10.0 Å². The third-order valence-electron chi connectivity index (χ3n) is 5.11. The van der Waals surface area contributed by atoms with Gasteiger partial charge in [-0.05, 0) is 54.1 Å². The van der Waals surface area contributed by atoms with Gasteiger partial charge in [-0.1, -0.05) is 18.2 Å². The Balaban J connectivity index is 1.66. The number of sulfonamides is 1. The smallest absolute Gasteiger partial charge is 0.273 e. The molecule has 0 bridgehead atoms. The van der Waals surface area contributed by atoms with Gasteiger partial charge in [0.15, 0.2) is 11.5 Å². The van der Waals surface area contributed by atoms with Gasteiger partial charge in [-0.3, -0.25) is 9.10 Å². The number of aryl methyl sites for hydroxylation is 1. The van der Waals surface area contributed by atoms with Gasteiger partial charge in [0, 0.05) is 12.2 Å². The van der Waals surface area contributed by atoms with Crippen molar-refractivity contribution in [1.82, 2.24) is 0 Å². The highest BCUT2D eigenvalue weighted by Gasteiger charge is 2.30. The summed E-state index contributed by atoms with van der Waals surface area (Å²) in [6, 6.07) is 13.7. The summed E-state index contributed by atoms with van der Waals surface area (Å²) in [5.74, 6) is 0.412. The van der Waals surface area contributed by atoms with E-state index in [1.54, 1.807) is 47.8 Å². The van der Waals surface area contributed by atoms with Crippen LogP contribution in [0.5, 0.6) is 11.5 Å². The molecule has 1 aliphatic rings. The highest BCUT2D eigenvalue weighted by Crippen LogP contribution is 2.36. The lowest BCUT2D eigenvalue weighted by molar-refractivity contribution is 0.102. The molecule has 31 heavy (non-hydrogen) atoms. The number of hydrogen-bond acceptors (Lipinski definition) is 6. The number of benzene rings is 2. The first kappa shape index (κ1) is 21.2. The topological polar surface area (TPSA) is 84.9 Å². The molecule has 1 amide bonds. The summed E-state index contributed by atoms with van der Waals surface area (Å²) >= 11 is 1.19. The van der Waals surface area contributed by atoms with Crippen molar-refractivity contribution < 1.29 is 22.7 Å². The number of amides is 1. The molecule has 0 saturated heterocycles. The second kappa shape index (κ2) is 8.60. The molecule has 1 aromatic heterocycles. The van der Waals surface area contributed by atoms with Gasteiger partial charge in [0.05, 0.1) is 25.5 Å². The standard InChI is InChI=1S/C22H22N2O5S2/c1-28-19-8-3-7-17(21(19)29-2)22(25)23-16-11-10-15-6-4-12-24(18(15)14-16)31(26,27)20-9-5-13-30-20/h3,5,7-11,13-14H,4,6,12H2,1-2H3,(H,23,25). The molecule has 1 aliphatic heterocycles. The summed E-state index contributed by atoms with van der Waals surface area (Å²) in [6.45, 7) is 0.397. The zero-order valence-electron chi connectivity index (χ0n) is 17.1. The zero-order valence-corrected chi connectivity index (χ0v) is 18.8. The molecule has 2 aromatic carbocycles. The van der Waals surface area contributed by atoms with E-state index in [9.17, 15) is 13.2 Å². The van der Waals surface area contributed by atoms with Gasteiger partial charge < -0.3 is 14.8 Å². The average molecular weight is 459 g/mol. The van der Waals surface area contributed by atoms with Crippen molar-refractivity contribution in [2.45, 2.75) is 17.1 Å². The number of ether oxygens (including phenoxy) is 2. The van der Waals surface area contributed by atoms with E-state index in [1.807, 2.05) is 6.07 Å². The van der Waals surface area contributed by atoms with E-state index in [-0.39, 0.29) is 5.91 Å². The number of rotatable bonds is 6. The zero-order chi connectivity index (χ0) is 22.0. The van der Waals surface area contributed by atoms with Crippen LogP contribution < -0.4 is 19.1 Å². The normalized spacial score (nSPS) is 13.4. The Morgan fingerprint density at radius 1 is 1.10 bits per heavy atom. The fourth-order valence-electron chi connectivity index (χ4n) is 3.65. The number of nitrogens with one attached hydrogen (secondary N) is 1. The number of nitrogens with zero attached hydrogens (tertiary/aromatic N) is 1. The third-order valence-corrected chi connectivity index (χ3v) is 8.29. The maximum absolute atomic E-state index is 13.1. The summed E-state index contributed by atoms with van der Waals surface area (Å²) in [6.07, 6.45) is 1.52. The van der Waals surface area contributed by atoms with Crippen LogP contribution in [-0.4, -0.2) is 35.1 Å². The lowest BCUT2D eigenvalue weighted by atomic mass is 10.0. The minimum Gasteiger partial charge on any atom is -0.493 e. The lowest BCUT2D eigenvalue weighted by Gasteiger charge is -2.30. The number of fused-ring (bicyclic) bond motifs is 1. The van der Waals surface area contributed by atoms with E-state index in [0.717, 1.165) is 18.4 Å². The minimum absolute atomic E-state index is 0.302. The first-order valence-corrected chi connectivity index (χ1v) is 12.0. The SMILES string of the molecule is COc1cccc(C(=O)Nc2ccc3c(c2)N(S(=O)(=O)c2cccs2)CCC3)c1OC. The van der Waals surface area contributed by atoms with Gasteiger partial charge in [0.1, 0.15) is 4.21 Å². The number of anilines is 2. The van der Waals surface area contributed by atoms with Crippen LogP contribution in [0.4, 0.5) is 11.4 Å². The number of methoxy groups -OCH3 is 2. The Kier molecular flexibility index (Phi) is 5.88. The van der Waals surface area contributed by atoms with Crippen molar-refractivity contribution in [2.75, 3.05) is 30.4 Å². The van der Waals surface area contributed by atoms with E-state index in [4.69, 9.17) is 9.47 Å². The molecule has 3 aromatic rings. The Morgan fingerprint density at radius 2 is 1.94 bits per heavy atom. The van der Waals surface area contributed by atoms with E-state index in [2.05, 4.69) is 5.32 Å². The summed E-state index contributed by atoms with van der Waals surface area (Å²) in [5, 5.41) is 4.59. The van der Waals surface area contributed by atoms with Gasteiger partial charge in [-0.25, -0.2) is 8.42 Å². The quantitative estimate of drug-likeness (QED) is 0.600. The number of carbonyl (C=O) groups is 1. The molecular formula is C22H22N2O5S2. The van der Waals surface area contributed by atoms with Gasteiger partial charge in [0.2, 0.25) is 0 Å². The monoisotopic (exact) mass is 458 g/mol. The maximum Gasteiger partial charge on any atom is 0.273 e. The Morgan fingerprint density at radius 3 is 2.65 bits per heavy atom. The molecule has 162 valence electrons. The molecule has 0 atom stereocenters. The number of carbonyl (C=O) groups excluding carboxylic acids is 1. The number of hydrogen-bond donors (Lipinski definition) is 1. The first-order chi connectivity index (χ1) is 15.0. The van der Waals surface area contributed by atoms with Crippen molar-refractivity contribution in [2.24, 2.45) is 0 Å². The fourth-order valence-corrected chi connectivity index (χ4v) is 6.29. The molecular weight excluding hydrogens is 436 g/mol. The van der Waals surface area contributed by atoms with Crippen molar-refractivity contribution >= 4 is 38.6 Å². The third kappa shape index (κ3) is 3.98. The molecule has 4 rings (SSSR count). The predicted octanol–water partition coefficient (Wildman–Crippen LogP) is 4.16. The van der Waals surface area contributed by atoms with Crippen LogP contribution in [0.3, 0.4) is 0 Å². The Labute approximate surface area is 185 Å². The number of para-hydroxylation sites is 1. The predicted molar refractivity (Wildman–Crippen MR) is 121 cm³/mol. The van der Waals surface area contributed by atoms with Crippen molar-refractivity contribution in [3.05, 3.63) is 65.0 Å².